The van der Waals surface area contributed by atoms with Crippen LogP contribution in [0.2, 0.25) is 0 Å². The van der Waals surface area contributed by atoms with E-state index in [1.807, 2.05) is 23.9 Å². The summed E-state index contributed by atoms with van der Waals surface area (Å²) in [4.78, 5) is 3.92. The Bertz CT molecular complexity index is 365. The van der Waals surface area contributed by atoms with E-state index in [4.69, 9.17) is 10.4 Å². The number of rotatable bonds is 8. The zero-order valence-corrected chi connectivity index (χ0v) is 10.5. The van der Waals surface area contributed by atoms with Crippen LogP contribution in [0.1, 0.15) is 17.7 Å². The van der Waals surface area contributed by atoms with Gasteiger partial charge in [-0.2, -0.15) is 17.0 Å². The van der Waals surface area contributed by atoms with Crippen molar-refractivity contribution >= 4 is 11.8 Å². The first-order valence-electron chi connectivity index (χ1n) is 5.61. The number of thioether (sulfide) groups is 1. The predicted molar refractivity (Wildman–Crippen MR) is 69.7 cm³/mol. The third-order valence-corrected chi connectivity index (χ3v) is 3.21. The van der Waals surface area contributed by atoms with Gasteiger partial charge in [-0.25, -0.2) is 4.98 Å². The van der Waals surface area contributed by atoms with E-state index in [2.05, 4.69) is 10.3 Å². The Hall–Kier alpha value is -1.09. The van der Waals surface area contributed by atoms with E-state index in [0.29, 0.717) is 5.69 Å². The van der Waals surface area contributed by atoms with Crippen LogP contribution >= 0.6 is 11.8 Å². The second-order valence-corrected chi connectivity index (χ2v) is 4.75. The topological polar surface area (TPSA) is 68.9 Å². The maximum Gasteiger partial charge on any atom is 0.140 e. The zero-order chi connectivity index (χ0) is 12.3. The van der Waals surface area contributed by atoms with E-state index in [1.165, 1.54) is 0 Å². The fraction of sp³-hybridized carbons (Fsp3) is 0.500. The van der Waals surface area contributed by atoms with E-state index < -0.39 is 0 Å². The molecule has 1 rings (SSSR count). The smallest absolute Gasteiger partial charge is 0.140 e. The van der Waals surface area contributed by atoms with Crippen LogP contribution in [0.3, 0.4) is 0 Å². The van der Waals surface area contributed by atoms with E-state index in [-0.39, 0.29) is 6.61 Å². The van der Waals surface area contributed by atoms with Gasteiger partial charge in [-0.3, -0.25) is 0 Å². The van der Waals surface area contributed by atoms with Crippen molar-refractivity contribution in [2.45, 2.75) is 13.0 Å². The summed E-state index contributed by atoms with van der Waals surface area (Å²) < 4.78 is 0. The van der Waals surface area contributed by atoms with Crippen LogP contribution in [0.4, 0.5) is 0 Å². The first-order chi connectivity index (χ1) is 8.36. The normalized spacial score (nSPS) is 10.1. The van der Waals surface area contributed by atoms with Gasteiger partial charge in [0, 0.05) is 31.6 Å². The Kier molecular flexibility index (Phi) is 7.39. The molecule has 0 amide bonds. The summed E-state index contributed by atoms with van der Waals surface area (Å²) in [5.41, 5.74) is 1.54. The summed E-state index contributed by atoms with van der Waals surface area (Å²) in [7, 11) is 0. The van der Waals surface area contributed by atoms with Crippen LogP contribution in [-0.2, 0) is 6.54 Å². The Labute approximate surface area is 106 Å². The third kappa shape index (κ3) is 6.27. The van der Waals surface area contributed by atoms with Gasteiger partial charge in [0.15, 0.2) is 0 Å². The number of aromatic nitrogens is 1. The molecule has 0 aliphatic heterocycles. The lowest BCUT2D eigenvalue weighted by atomic mass is 10.2. The lowest BCUT2D eigenvalue weighted by molar-refractivity contribution is 0.296. The molecule has 92 valence electrons. The zero-order valence-electron chi connectivity index (χ0n) is 9.72. The molecule has 1 heterocycles. The van der Waals surface area contributed by atoms with Crippen molar-refractivity contribution in [3.63, 3.8) is 0 Å². The molecule has 0 saturated carbocycles. The molecule has 1 aromatic rings. The average Bonchev–Trinajstić information content (AvgIpc) is 2.38. The van der Waals surface area contributed by atoms with Gasteiger partial charge in [-0.05, 0) is 29.9 Å². The van der Waals surface area contributed by atoms with E-state index >= 15 is 0 Å². The first-order valence-corrected chi connectivity index (χ1v) is 6.76. The highest BCUT2D eigenvalue weighted by Gasteiger charge is 1.96. The van der Waals surface area contributed by atoms with Gasteiger partial charge in [0.1, 0.15) is 11.8 Å². The molecule has 0 fully saturated rings. The maximum absolute atomic E-state index is 8.70. The van der Waals surface area contributed by atoms with Crippen LogP contribution in [0, 0.1) is 11.3 Å². The van der Waals surface area contributed by atoms with Crippen molar-refractivity contribution in [2.75, 3.05) is 24.7 Å². The molecule has 0 atom stereocenters. The number of nitrogens with one attached hydrogen (secondary N) is 1. The minimum atomic E-state index is 0.272. The number of nitrogens with zero attached hydrogens (tertiary/aromatic N) is 2. The molecule has 0 unspecified atom stereocenters. The number of hydrogen-bond acceptors (Lipinski definition) is 5. The van der Waals surface area contributed by atoms with Gasteiger partial charge in [-0.1, -0.05) is 0 Å². The van der Waals surface area contributed by atoms with Gasteiger partial charge >= 0.3 is 0 Å². The largest absolute Gasteiger partial charge is 0.396 e. The number of nitriles is 1. The molecule has 0 aromatic carbocycles. The Morgan fingerprint density at radius 1 is 1.47 bits per heavy atom. The van der Waals surface area contributed by atoms with Crippen molar-refractivity contribution in [1.29, 1.82) is 5.26 Å². The Balaban J connectivity index is 2.12. The predicted octanol–water partition coefficient (Wildman–Crippen LogP) is 1.16. The van der Waals surface area contributed by atoms with Gasteiger partial charge in [0.05, 0.1) is 0 Å². The summed E-state index contributed by atoms with van der Waals surface area (Å²) in [6.07, 6.45) is 2.52. The summed E-state index contributed by atoms with van der Waals surface area (Å²) in [6.45, 7) is 1.96. The number of aliphatic hydroxyl groups excluding tert-OH is 1. The van der Waals surface area contributed by atoms with Crippen LogP contribution in [-0.4, -0.2) is 34.7 Å². The SMILES string of the molecule is N#Cc1cc(CNCCSCCCO)ccn1. The molecule has 17 heavy (non-hydrogen) atoms. The standard InChI is InChI=1S/C12H17N3OS/c13-9-12-8-11(2-3-15-12)10-14-4-7-17-6-1-5-16/h2-3,8,14,16H,1,4-7,10H2. The molecule has 5 heteroatoms. The molecule has 0 spiro atoms. The third-order valence-electron chi connectivity index (χ3n) is 2.14. The molecule has 1 aromatic heterocycles. The van der Waals surface area contributed by atoms with Gasteiger partial charge in [0.25, 0.3) is 0 Å². The Morgan fingerprint density at radius 3 is 3.12 bits per heavy atom. The van der Waals surface area contributed by atoms with Crippen LogP contribution in [0.15, 0.2) is 18.3 Å². The van der Waals surface area contributed by atoms with Crippen LogP contribution in [0.25, 0.3) is 0 Å². The molecule has 0 saturated heterocycles. The summed E-state index contributed by atoms with van der Waals surface area (Å²) >= 11 is 1.83. The van der Waals surface area contributed by atoms with Crippen molar-refractivity contribution in [1.82, 2.24) is 10.3 Å². The molecule has 0 aliphatic carbocycles. The quantitative estimate of drug-likeness (QED) is 0.679. The fourth-order valence-electron chi connectivity index (χ4n) is 1.29. The molecule has 4 nitrogen and oxygen atoms in total. The molecule has 0 radical (unpaired) electrons. The van der Waals surface area contributed by atoms with Crippen molar-refractivity contribution < 1.29 is 5.11 Å². The van der Waals surface area contributed by atoms with E-state index in [1.54, 1.807) is 12.3 Å². The van der Waals surface area contributed by atoms with Gasteiger partial charge < -0.3 is 10.4 Å². The van der Waals surface area contributed by atoms with Crippen LogP contribution < -0.4 is 5.32 Å². The van der Waals surface area contributed by atoms with Crippen molar-refractivity contribution in [2.24, 2.45) is 0 Å². The minimum absolute atomic E-state index is 0.272. The highest BCUT2D eigenvalue weighted by Crippen LogP contribution is 2.02. The second kappa shape index (κ2) is 8.99. The number of hydrogen-bond donors (Lipinski definition) is 2. The second-order valence-electron chi connectivity index (χ2n) is 3.53. The highest BCUT2D eigenvalue weighted by atomic mass is 32.2. The monoisotopic (exact) mass is 251 g/mol. The lowest BCUT2D eigenvalue weighted by Gasteiger charge is -2.04. The lowest BCUT2D eigenvalue weighted by Crippen LogP contribution is -2.16. The summed E-state index contributed by atoms with van der Waals surface area (Å²) in [5, 5.41) is 20.6. The number of aliphatic hydroxyl groups is 1. The summed E-state index contributed by atoms with van der Waals surface area (Å²) in [5.74, 6) is 2.04. The highest BCUT2D eigenvalue weighted by molar-refractivity contribution is 7.99. The Morgan fingerprint density at radius 2 is 2.35 bits per heavy atom. The molecule has 0 aliphatic rings. The molecular weight excluding hydrogens is 234 g/mol. The van der Waals surface area contributed by atoms with Crippen molar-refractivity contribution in [3.05, 3.63) is 29.6 Å². The molecule has 0 bridgehead atoms. The van der Waals surface area contributed by atoms with Gasteiger partial charge in [-0.15, -0.1) is 0 Å². The van der Waals surface area contributed by atoms with E-state index in [0.717, 1.165) is 36.6 Å². The fourth-order valence-corrected chi connectivity index (χ4v) is 2.12. The molecule has 2 N–H and O–H groups in total. The molecular formula is C12H17N3OS. The van der Waals surface area contributed by atoms with E-state index in [9.17, 15) is 0 Å². The van der Waals surface area contributed by atoms with Crippen LogP contribution in [0.5, 0.6) is 0 Å². The van der Waals surface area contributed by atoms with Gasteiger partial charge in [0.2, 0.25) is 0 Å². The minimum Gasteiger partial charge on any atom is -0.396 e. The van der Waals surface area contributed by atoms with Crippen molar-refractivity contribution in [3.8, 4) is 6.07 Å². The number of pyridine rings is 1. The average molecular weight is 251 g/mol. The summed E-state index contributed by atoms with van der Waals surface area (Å²) in [6, 6.07) is 5.73. The first kappa shape index (κ1) is 14.0. The maximum atomic E-state index is 8.70.